The lowest BCUT2D eigenvalue weighted by atomic mass is 9.86. The Morgan fingerprint density at radius 2 is 1.68 bits per heavy atom. The molecule has 3 rings (SSSR count). The van der Waals surface area contributed by atoms with E-state index >= 15 is 4.39 Å². The zero-order valence-corrected chi connectivity index (χ0v) is 18.1. The molecule has 4 heteroatoms. The third kappa shape index (κ3) is 6.17. The highest BCUT2D eigenvalue weighted by Crippen LogP contribution is 2.34. The van der Waals surface area contributed by atoms with Crippen molar-refractivity contribution in [1.82, 2.24) is 0 Å². The number of benzene rings is 3. The lowest BCUT2D eigenvalue weighted by Crippen LogP contribution is -2.08. The molecule has 0 spiro atoms. The zero-order valence-electron chi connectivity index (χ0n) is 18.1. The normalized spacial score (nSPS) is 12.6. The molecule has 31 heavy (non-hydrogen) atoms. The van der Waals surface area contributed by atoms with Gasteiger partial charge in [0, 0.05) is 12.0 Å². The van der Waals surface area contributed by atoms with Crippen molar-refractivity contribution in [2.24, 2.45) is 5.92 Å². The molecule has 0 heterocycles. The van der Waals surface area contributed by atoms with Crippen LogP contribution in [0.2, 0.25) is 0 Å². The number of allylic oxidation sites excluding steroid dienone is 2. The largest absolute Gasteiger partial charge is 0.494 e. The summed E-state index contributed by atoms with van der Waals surface area (Å²) in [6, 6.07) is 21.0. The van der Waals surface area contributed by atoms with Gasteiger partial charge in [0.2, 0.25) is 0 Å². The fourth-order valence-electron chi connectivity index (χ4n) is 3.56. The summed E-state index contributed by atoms with van der Waals surface area (Å²) in [6.45, 7) is 6.55. The Morgan fingerprint density at radius 3 is 2.35 bits per heavy atom. The fraction of sp³-hybridized carbons (Fsp3) is 0.259. The summed E-state index contributed by atoms with van der Waals surface area (Å²) in [5, 5.41) is 0. The third-order valence-electron chi connectivity index (χ3n) is 5.03. The third-order valence-corrected chi connectivity index (χ3v) is 5.03. The van der Waals surface area contributed by atoms with Gasteiger partial charge in [0.05, 0.1) is 6.61 Å². The van der Waals surface area contributed by atoms with Gasteiger partial charge in [-0.25, -0.2) is 8.78 Å². The topological polar surface area (TPSA) is 18.5 Å². The number of rotatable bonds is 9. The molecule has 3 aromatic rings. The fourth-order valence-corrected chi connectivity index (χ4v) is 3.56. The smallest absolute Gasteiger partial charge is 0.130 e. The molecule has 2 nitrogen and oxygen atoms in total. The maximum absolute atomic E-state index is 15.3. The van der Waals surface area contributed by atoms with E-state index in [1.54, 1.807) is 24.3 Å². The number of ether oxygens (including phenoxy) is 2. The van der Waals surface area contributed by atoms with Crippen molar-refractivity contribution in [2.75, 3.05) is 6.61 Å². The van der Waals surface area contributed by atoms with Crippen LogP contribution in [0.15, 0.2) is 84.7 Å². The average Bonchev–Trinajstić information content (AvgIpc) is 2.74. The molecule has 0 bridgehead atoms. The van der Waals surface area contributed by atoms with Crippen LogP contribution in [0.3, 0.4) is 0 Å². The second-order valence-electron chi connectivity index (χ2n) is 7.68. The number of halogens is 2. The van der Waals surface area contributed by atoms with Crippen LogP contribution in [-0.4, -0.2) is 6.61 Å². The number of hydrogen-bond donors (Lipinski definition) is 0. The van der Waals surface area contributed by atoms with Crippen LogP contribution in [0.25, 0.3) is 0 Å². The van der Waals surface area contributed by atoms with Crippen molar-refractivity contribution in [3.8, 4) is 17.2 Å². The summed E-state index contributed by atoms with van der Waals surface area (Å²) in [4.78, 5) is 0. The van der Waals surface area contributed by atoms with E-state index in [1.807, 2.05) is 63.2 Å². The van der Waals surface area contributed by atoms with E-state index in [9.17, 15) is 4.39 Å². The van der Waals surface area contributed by atoms with Gasteiger partial charge in [0.25, 0.3) is 0 Å². The van der Waals surface area contributed by atoms with Crippen LogP contribution < -0.4 is 9.47 Å². The molecule has 0 saturated carbocycles. The highest BCUT2D eigenvalue weighted by molar-refractivity contribution is 5.40. The van der Waals surface area contributed by atoms with E-state index in [2.05, 4.69) is 0 Å². The predicted molar refractivity (Wildman–Crippen MR) is 121 cm³/mol. The minimum atomic E-state index is -0.365. The van der Waals surface area contributed by atoms with Gasteiger partial charge in [-0.1, -0.05) is 50.2 Å². The first kappa shape index (κ1) is 22.5. The van der Waals surface area contributed by atoms with Crippen molar-refractivity contribution in [3.63, 3.8) is 0 Å². The second kappa shape index (κ2) is 10.8. The lowest BCUT2D eigenvalue weighted by Gasteiger charge is -2.20. The van der Waals surface area contributed by atoms with Crippen molar-refractivity contribution in [3.05, 3.63) is 102 Å². The monoisotopic (exact) mass is 422 g/mol. The maximum Gasteiger partial charge on any atom is 0.130 e. The Morgan fingerprint density at radius 1 is 0.935 bits per heavy atom. The second-order valence-corrected chi connectivity index (χ2v) is 7.68. The van der Waals surface area contributed by atoms with Crippen LogP contribution in [0.5, 0.6) is 17.2 Å². The molecule has 0 aliphatic carbocycles. The standard InChI is InChI=1S/C27H28F2O2/c1-4-30-23-15-12-21(13-16-23)27(19(2)3)25(29)17-14-20-8-5-6-11-26(20)31-24-10-7-9-22(28)18-24/h5-13,15-19,27H,4,14H2,1-3H3. The van der Waals surface area contributed by atoms with E-state index in [4.69, 9.17) is 9.47 Å². The van der Waals surface area contributed by atoms with Crippen LogP contribution in [0.4, 0.5) is 8.78 Å². The van der Waals surface area contributed by atoms with Gasteiger partial charge < -0.3 is 9.47 Å². The molecule has 1 atom stereocenters. The molecular weight excluding hydrogens is 394 g/mol. The molecular formula is C27H28F2O2. The van der Waals surface area contributed by atoms with E-state index < -0.39 is 0 Å². The maximum atomic E-state index is 15.3. The Hall–Kier alpha value is -3.14. The van der Waals surface area contributed by atoms with E-state index in [-0.39, 0.29) is 23.5 Å². The van der Waals surface area contributed by atoms with E-state index in [0.29, 0.717) is 24.5 Å². The molecule has 162 valence electrons. The summed E-state index contributed by atoms with van der Waals surface area (Å²) < 4.78 is 40.1. The molecule has 0 aromatic heterocycles. The van der Waals surface area contributed by atoms with Gasteiger partial charge in [-0.05, 0) is 66.8 Å². The first-order chi connectivity index (χ1) is 15.0. The highest BCUT2D eigenvalue weighted by Gasteiger charge is 2.21. The van der Waals surface area contributed by atoms with Crippen molar-refractivity contribution in [2.45, 2.75) is 33.1 Å². The van der Waals surface area contributed by atoms with Gasteiger partial charge in [0.1, 0.15) is 28.9 Å². The van der Waals surface area contributed by atoms with E-state index in [1.165, 1.54) is 12.1 Å². The molecule has 0 saturated heterocycles. The van der Waals surface area contributed by atoms with Gasteiger partial charge in [-0.3, -0.25) is 0 Å². The molecule has 0 radical (unpaired) electrons. The number of para-hydroxylation sites is 1. The molecule has 3 aromatic carbocycles. The minimum Gasteiger partial charge on any atom is -0.494 e. The van der Waals surface area contributed by atoms with Crippen LogP contribution >= 0.6 is 0 Å². The summed E-state index contributed by atoms with van der Waals surface area (Å²) in [7, 11) is 0. The zero-order chi connectivity index (χ0) is 22.2. The first-order valence-corrected chi connectivity index (χ1v) is 10.6. The highest BCUT2D eigenvalue weighted by atomic mass is 19.1. The summed E-state index contributed by atoms with van der Waals surface area (Å²) >= 11 is 0. The summed E-state index contributed by atoms with van der Waals surface area (Å²) in [5.74, 6) is 0.975. The Bertz CT molecular complexity index is 1010. The molecule has 0 aliphatic heterocycles. The summed E-state index contributed by atoms with van der Waals surface area (Å²) in [6.07, 6.45) is 1.98. The molecule has 0 fully saturated rings. The Labute approximate surface area is 183 Å². The SMILES string of the molecule is CCOc1ccc(C(C(F)=CCc2ccccc2Oc2cccc(F)c2)C(C)C)cc1. The summed E-state index contributed by atoms with van der Waals surface area (Å²) in [5.41, 5.74) is 1.74. The van der Waals surface area contributed by atoms with Crippen LogP contribution in [-0.2, 0) is 6.42 Å². The average molecular weight is 423 g/mol. The van der Waals surface area contributed by atoms with Crippen LogP contribution in [0.1, 0.15) is 37.8 Å². The van der Waals surface area contributed by atoms with Crippen molar-refractivity contribution < 1.29 is 18.3 Å². The van der Waals surface area contributed by atoms with Gasteiger partial charge in [-0.2, -0.15) is 0 Å². The first-order valence-electron chi connectivity index (χ1n) is 10.6. The van der Waals surface area contributed by atoms with Crippen molar-refractivity contribution in [1.29, 1.82) is 0 Å². The molecule has 0 N–H and O–H groups in total. The van der Waals surface area contributed by atoms with Crippen LogP contribution in [0, 0.1) is 11.7 Å². The predicted octanol–water partition coefficient (Wildman–Crippen LogP) is 7.85. The Kier molecular flexibility index (Phi) is 7.82. The number of hydrogen-bond acceptors (Lipinski definition) is 2. The molecule has 1 unspecified atom stereocenters. The quantitative estimate of drug-likeness (QED) is 0.349. The Balaban J connectivity index is 1.79. The van der Waals surface area contributed by atoms with Gasteiger partial charge in [0.15, 0.2) is 0 Å². The molecule has 0 aliphatic rings. The minimum absolute atomic E-state index is 0.0907. The van der Waals surface area contributed by atoms with E-state index in [0.717, 1.165) is 16.9 Å². The van der Waals surface area contributed by atoms with Crippen molar-refractivity contribution >= 4 is 0 Å². The lowest BCUT2D eigenvalue weighted by molar-refractivity contribution is 0.340. The van der Waals surface area contributed by atoms with Gasteiger partial charge in [-0.15, -0.1) is 0 Å². The van der Waals surface area contributed by atoms with Gasteiger partial charge >= 0.3 is 0 Å². The molecule has 0 amide bonds.